The van der Waals surface area contributed by atoms with Crippen LogP contribution in [-0.4, -0.2) is 59.8 Å². The Labute approximate surface area is 160 Å². The zero-order chi connectivity index (χ0) is 19.2. The first kappa shape index (κ1) is 19.9. The molecule has 0 bridgehead atoms. The third kappa shape index (κ3) is 4.17. The second kappa shape index (κ2) is 6.94. The lowest BCUT2D eigenvalue weighted by Gasteiger charge is -2.42. The molecule has 144 valence electrons. The van der Waals surface area contributed by atoms with Crippen molar-refractivity contribution < 1.29 is 9.31 Å². The lowest BCUT2D eigenvalue weighted by atomic mass is 9.79. The van der Waals surface area contributed by atoms with Crippen LogP contribution in [0.4, 0.5) is 0 Å². The van der Waals surface area contributed by atoms with Gasteiger partial charge in [0.05, 0.1) is 11.2 Å². The van der Waals surface area contributed by atoms with Crippen molar-refractivity contribution in [3.8, 4) is 0 Å². The fraction of sp³-hybridized carbons (Fsp3) is 0.714. The van der Waals surface area contributed by atoms with Crippen molar-refractivity contribution in [3.05, 3.63) is 29.8 Å². The quantitative estimate of drug-likeness (QED) is 0.776. The van der Waals surface area contributed by atoms with E-state index < -0.39 is 0 Å². The van der Waals surface area contributed by atoms with Crippen molar-refractivity contribution in [1.82, 2.24) is 9.80 Å². The molecule has 0 spiro atoms. The monoisotopic (exact) mass is 358 g/mol. The molecule has 26 heavy (non-hydrogen) atoms. The van der Waals surface area contributed by atoms with Crippen LogP contribution in [-0.2, 0) is 15.9 Å². The summed E-state index contributed by atoms with van der Waals surface area (Å²) >= 11 is 0. The van der Waals surface area contributed by atoms with E-state index in [2.05, 4.69) is 82.5 Å². The maximum Gasteiger partial charge on any atom is 0.494 e. The minimum Gasteiger partial charge on any atom is -0.399 e. The summed E-state index contributed by atoms with van der Waals surface area (Å²) in [4.78, 5) is 5.12. The number of hydrogen-bond acceptors (Lipinski definition) is 4. The summed E-state index contributed by atoms with van der Waals surface area (Å²) in [5, 5.41) is 0. The van der Waals surface area contributed by atoms with E-state index in [0.717, 1.165) is 38.2 Å². The van der Waals surface area contributed by atoms with Gasteiger partial charge in [-0.1, -0.05) is 24.3 Å². The zero-order valence-corrected chi connectivity index (χ0v) is 17.6. The van der Waals surface area contributed by atoms with Gasteiger partial charge in [0.2, 0.25) is 0 Å². The molecule has 0 amide bonds. The summed E-state index contributed by atoms with van der Waals surface area (Å²) in [6, 6.07) is 8.75. The lowest BCUT2D eigenvalue weighted by molar-refractivity contribution is 0.00578. The summed E-state index contributed by atoms with van der Waals surface area (Å²) in [6.45, 7) is 20.9. The van der Waals surface area contributed by atoms with Crippen molar-refractivity contribution in [1.29, 1.82) is 0 Å². The molecule has 0 aliphatic carbocycles. The van der Waals surface area contributed by atoms with Crippen LogP contribution in [0.5, 0.6) is 0 Å². The van der Waals surface area contributed by atoms with E-state index in [9.17, 15) is 0 Å². The molecular formula is C21H35BN2O2. The normalized spacial score (nSPS) is 24.2. The topological polar surface area (TPSA) is 24.9 Å². The average Bonchev–Trinajstić information content (AvgIpc) is 2.76. The molecule has 2 aliphatic heterocycles. The van der Waals surface area contributed by atoms with Crippen LogP contribution in [0.1, 0.15) is 54.0 Å². The highest BCUT2D eigenvalue weighted by molar-refractivity contribution is 6.62. The van der Waals surface area contributed by atoms with Crippen molar-refractivity contribution >= 4 is 12.6 Å². The van der Waals surface area contributed by atoms with E-state index >= 15 is 0 Å². The van der Waals surface area contributed by atoms with E-state index in [1.807, 2.05) is 0 Å². The maximum absolute atomic E-state index is 6.15. The first-order valence-corrected chi connectivity index (χ1v) is 9.90. The third-order valence-corrected chi connectivity index (χ3v) is 6.23. The standard InChI is InChI=1S/C21H35BN2O2/c1-19(2,3)24-14-12-23(13-15-24)16-17-8-10-18(11-9-17)22-25-20(4,5)21(6,7)26-22/h8-11H,12-16H2,1-7H3. The van der Waals surface area contributed by atoms with Gasteiger partial charge < -0.3 is 9.31 Å². The summed E-state index contributed by atoms with van der Waals surface area (Å²) in [5.41, 5.74) is 2.15. The lowest BCUT2D eigenvalue weighted by Crippen LogP contribution is -2.53. The van der Waals surface area contributed by atoms with E-state index in [4.69, 9.17) is 9.31 Å². The maximum atomic E-state index is 6.15. The van der Waals surface area contributed by atoms with Gasteiger partial charge in [-0.25, -0.2) is 0 Å². The molecule has 4 nitrogen and oxygen atoms in total. The Morgan fingerprint density at radius 1 is 0.885 bits per heavy atom. The molecule has 1 aromatic rings. The summed E-state index contributed by atoms with van der Waals surface area (Å²) in [5.74, 6) is 0. The van der Waals surface area contributed by atoms with E-state index in [0.29, 0.717) is 0 Å². The Bertz CT molecular complexity index is 598. The van der Waals surface area contributed by atoms with Crippen LogP contribution in [0.3, 0.4) is 0 Å². The molecule has 0 atom stereocenters. The van der Waals surface area contributed by atoms with Crippen molar-refractivity contribution in [3.63, 3.8) is 0 Å². The molecule has 0 radical (unpaired) electrons. The first-order chi connectivity index (χ1) is 12.0. The van der Waals surface area contributed by atoms with Gasteiger partial charge in [0.15, 0.2) is 0 Å². The Hall–Kier alpha value is -0.875. The number of benzene rings is 1. The number of hydrogen-bond donors (Lipinski definition) is 0. The van der Waals surface area contributed by atoms with Crippen LogP contribution in [0.25, 0.3) is 0 Å². The number of nitrogens with zero attached hydrogens (tertiary/aromatic N) is 2. The summed E-state index contributed by atoms with van der Waals surface area (Å²) in [6.07, 6.45) is 0. The molecule has 0 aromatic heterocycles. The molecule has 1 aromatic carbocycles. The SMILES string of the molecule is CC(C)(C)N1CCN(Cc2ccc(B3OC(C)(C)C(C)(C)O3)cc2)CC1. The fourth-order valence-corrected chi connectivity index (χ4v) is 3.59. The Balaban J connectivity index is 1.56. The van der Waals surface area contributed by atoms with Crippen LogP contribution in [0.15, 0.2) is 24.3 Å². The number of piperazine rings is 1. The summed E-state index contributed by atoms with van der Waals surface area (Å²) < 4.78 is 12.3. The molecule has 2 heterocycles. The van der Waals surface area contributed by atoms with Crippen LogP contribution in [0, 0.1) is 0 Å². The first-order valence-electron chi connectivity index (χ1n) is 9.90. The molecule has 0 saturated carbocycles. The molecule has 3 rings (SSSR count). The van der Waals surface area contributed by atoms with Crippen molar-refractivity contribution in [2.45, 2.75) is 71.8 Å². The van der Waals surface area contributed by atoms with E-state index in [1.165, 1.54) is 5.56 Å². The van der Waals surface area contributed by atoms with Gasteiger partial charge in [-0.3, -0.25) is 9.80 Å². The largest absolute Gasteiger partial charge is 0.494 e. The molecule has 2 aliphatic rings. The molecule has 0 unspecified atom stereocenters. The predicted molar refractivity (Wildman–Crippen MR) is 109 cm³/mol. The second-order valence-corrected chi connectivity index (χ2v) is 9.76. The van der Waals surface area contributed by atoms with Gasteiger partial charge in [0.1, 0.15) is 0 Å². The molecule has 0 N–H and O–H groups in total. The highest BCUT2D eigenvalue weighted by Crippen LogP contribution is 2.36. The molecular weight excluding hydrogens is 323 g/mol. The zero-order valence-electron chi connectivity index (χ0n) is 17.6. The van der Waals surface area contributed by atoms with E-state index in [1.54, 1.807) is 0 Å². The van der Waals surface area contributed by atoms with E-state index in [-0.39, 0.29) is 23.9 Å². The number of rotatable bonds is 3. The molecule has 2 saturated heterocycles. The van der Waals surface area contributed by atoms with Gasteiger partial charge in [-0.05, 0) is 59.5 Å². The molecule has 2 fully saturated rings. The average molecular weight is 358 g/mol. The Morgan fingerprint density at radius 3 is 1.85 bits per heavy atom. The van der Waals surface area contributed by atoms with Gasteiger partial charge in [-0.15, -0.1) is 0 Å². The van der Waals surface area contributed by atoms with Crippen molar-refractivity contribution in [2.75, 3.05) is 26.2 Å². The molecule has 5 heteroatoms. The minimum atomic E-state index is -0.289. The van der Waals surface area contributed by atoms with Gasteiger partial charge >= 0.3 is 7.12 Å². The highest BCUT2D eigenvalue weighted by Gasteiger charge is 2.51. The third-order valence-electron chi connectivity index (χ3n) is 6.23. The van der Waals surface area contributed by atoms with Crippen molar-refractivity contribution in [2.24, 2.45) is 0 Å². The fourth-order valence-electron chi connectivity index (χ4n) is 3.59. The van der Waals surface area contributed by atoms with Crippen LogP contribution in [0.2, 0.25) is 0 Å². The van der Waals surface area contributed by atoms with Gasteiger partial charge in [-0.2, -0.15) is 0 Å². The Kier molecular flexibility index (Phi) is 5.30. The summed E-state index contributed by atoms with van der Waals surface area (Å²) in [7, 11) is -0.274. The van der Waals surface area contributed by atoms with Gasteiger partial charge in [0.25, 0.3) is 0 Å². The van der Waals surface area contributed by atoms with Gasteiger partial charge in [0, 0.05) is 38.3 Å². The highest BCUT2D eigenvalue weighted by atomic mass is 16.7. The smallest absolute Gasteiger partial charge is 0.399 e. The second-order valence-electron chi connectivity index (χ2n) is 9.76. The van der Waals surface area contributed by atoms with Crippen LogP contribution < -0.4 is 5.46 Å². The van der Waals surface area contributed by atoms with Crippen LogP contribution >= 0.6 is 0 Å². The Morgan fingerprint density at radius 2 is 1.38 bits per heavy atom. The predicted octanol–water partition coefficient (Wildman–Crippen LogP) is 2.90. The minimum absolute atomic E-state index is 0.274.